The molecule has 0 spiro atoms. The molecule has 0 aliphatic carbocycles. The first kappa shape index (κ1) is 24.9. The highest BCUT2D eigenvalue weighted by Gasteiger charge is 2.40. The van der Waals surface area contributed by atoms with Gasteiger partial charge in [-0.15, -0.1) is 0 Å². The molecule has 0 aromatic carbocycles. The van der Waals surface area contributed by atoms with Gasteiger partial charge in [-0.3, -0.25) is 0 Å². The number of carbonyl (C=O) groups excluding carboxylic acids is 1. The average Bonchev–Trinajstić information content (AvgIpc) is 3.05. The number of anilines is 3. The molecule has 2 aliphatic rings. The number of carbonyl (C=O) groups is 1. The van der Waals surface area contributed by atoms with Gasteiger partial charge >= 0.3 is 12.3 Å². The number of aromatic nitrogens is 2. The lowest BCUT2D eigenvalue weighted by atomic mass is 9.92. The highest BCUT2D eigenvalue weighted by Crippen LogP contribution is 2.36. The monoisotopic (exact) mass is 499 g/mol. The van der Waals surface area contributed by atoms with Crippen LogP contribution in [-0.4, -0.2) is 58.7 Å². The van der Waals surface area contributed by atoms with Gasteiger partial charge in [-0.25, -0.2) is 23.5 Å². The molecule has 0 unspecified atom stereocenters. The topological polar surface area (TPSA) is 70.6 Å². The molecule has 2 fully saturated rings. The van der Waals surface area contributed by atoms with Crippen LogP contribution in [0.25, 0.3) is 0 Å². The lowest BCUT2D eigenvalue weighted by molar-refractivity contribution is -0.137. The summed E-state index contributed by atoms with van der Waals surface area (Å²) in [7, 11) is 0. The number of likely N-dealkylation sites (tertiary alicyclic amines) is 1. The quantitative estimate of drug-likeness (QED) is 0.567. The Morgan fingerprint density at radius 2 is 1.86 bits per heavy atom. The van der Waals surface area contributed by atoms with Crippen LogP contribution >= 0.6 is 0 Å². The molecule has 35 heavy (non-hydrogen) atoms. The zero-order valence-electron chi connectivity index (χ0n) is 19.5. The Balaban J connectivity index is 1.57. The standard InChI is InChI=1S/C23H26F5N5O2/c1-21(2,3)35-20(34)33-11-15(12-33)14-8-18(30-17-10-16(4-6-29-17)23(26,27)28)31-19(9-14)32-7-5-22(24,25)13-32/h4,6,8-10,15H,5,7,11-13H2,1-3H3,(H,29,30,31). The number of amides is 1. The van der Waals surface area contributed by atoms with Crippen LogP contribution in [0, 0.1) is 0 Å². The van der Waals surface area contributed by atoms with E-state index in [0.717, 1.165) is 23.9 Å². The van der Waals surface area contributed by atoms with E-state index in [2.05, 4.69) is 15.3 Å². The van der Waals surface area contributed by atoms with E-state index in [1.165, 1.54) is 9.80 Å². The molecule has 4 heterocycles. The predicted molar refractivity (Wildman–Crippen MR) is 119 cm³/mol. The number of pyridine rings is 2. The number of nitrogens with one attached hydrogen (secondary N) is 1. The number of hydrogen-bond donors (Lipinski definition) is 1. The molecule has 2 aromatic rings. The molecule has 0 radical (unpaired) electrons. The molecule has 0 saturated carbocycles. The van der Waals surface area contributed by atoms with Crippen molar-refractivity contribution in [3.8, 4) is 0 Å². The minimum atomic E-state index is -4.54. The van der Waals surface area contributed by atoms with E-state index >= 15 is 0 Å². The van der Waals surface area contributed by atoms with Crippen LogP contribution in [0.2, 0.25) is 0 Å². The maximum atomic E-state index is 13.8. The molecule has 1 amide bonds. The summed E-state index contributed by atoms with van der Waals surface area (Å²) in [5.41, 5.74) is -0.792. The van der Waals surface area contributed by atoms with E-state index in [1.807, 2.05) is 0 Å². The molecule has 2 aromatic heterocycles. The SMILES string of the molecule is CC(C)(C)OC(=O)N1CC(c2cc(Nc3cc(C(F)(F)F)ccn3)nc(N3CCC(F)(F)C3)c2)C1. The summed E-state index contributed by atoms with van der Waals surface area (Å²) in [6.45, 7) is 5.61. The number of hydrogen-bond acceptors (Lipinski definition) is 6. The van der Waals surface area contributed by atoms with E-state index < -0.39 is 35.9 Å². The largest absolute Gasteiger partial charge is 0.444 e. The third kappa shape index (κ3) is 6.09. The molecule has 1 N–H and O–H groups in total. The third-order valence-corrected chi connectivity index (χ3v) is 5.68. The van der Waals surface area contributed by atoms with Gasteiger partial charge in [-0.2, -0.15) is 13.2 Å². The van der Waals surface area contributed by atoms with Crippen molar-refractivity contribution >= 4 is 23.5 Å². The van der Waals surface area contributed by atoms with E-state index in [1.54, 1.807) is 32.9 Å². The lowest BCUT2D eigenvalue weighted by Crippen LogP contribution is -2.50. The zero-order valence-corrected chi connectivity index (χ0v) is 19.5. The maximum absolute atomic E-state index is 13.8. The average molecular weight is 499 g/mol. The number of ether oxygens (including phenoxy) is 1. The molecule has 2 saturated heterocycles. The summed E-state index contributed by atoms with van der Waals surface area (Å²) in [6, 6.07) is 5.03. The van der Waals surface area contributed by atoms with Crippen molar-refractivity contribution in [2.24, 2.45) is 0 Å². The minimum Gasteiger partial charge on any atom is -0.444 e. The van der Waals surface area contributed by atoms with Gasteiger partial charge in [0.05, 0.1) is 12.1 Å². The summed E-state index contributed by atoms with van der Waals surface area (Å²) in [6.07, 6.45) is -4.28. The fourth-order valence-corrected chi connectivity index (χ4v) is 3.90. The molecular weight excluding hydrogens is 473 g/mol. The van der Waals surface area contributed by atoms with Crippen molar-refractivity contribution in [2.45, 2.75) is 50.8 Å². The molecule has 7 nitrogen and oxygen atoms in total. The Bertz CT molecular complexity index is 1100. The van der Waals surface area contributed by atoms with Gasteiger partial charge in [0.2, 0.25) is 0 Å². The summed E-state index contributed by atoms with van der Waals surface area (Å²) in [5.74, 6) is -2.58. The van der Waals surface area contributed by atoms with Crippen LogP contribution in [0.3, 0.4) is 0 Å². The van der Waals surface area contributed by atoms with E-state index in [-0.39, 0.29) is 36.3 Å². The number of nitrogens with zero attached hydrogens (tertiary/aromatic N) is 4. The van der Waals surface area contributed by atoms with Gasteiger partial charge in [0, 0.05) is 38.2 Å². The summed E-state index contributed by atoms with van der Waals surface area (Å²) in [4.78, 5) is 23.5. The van der Waals surface area contributed by atoms with Crippen LogP contribution in [0.5, 0.6) is 0 Å². The summed E-state index contributed by atoms with van der Waals surface area (Å²) in [5, 5.41) is 2.77. The second-order valence-electron chi connectivity index (χ2n) is 9.81. The van der Waals surface area contributed by atoms with Crippen molar-refractivity contribution in [1.82, 2.24) is 14.9 Å². The molecule has 2 aliphatic heterocycles. The number of rotatable bonds is 4. The fourth-order valence-electron chi connectivity index (χ4n) is 3.90. The highest BCUT2D eigenvalue weighted by atomic mass is 19.4. The minimum absolute atomic E-state index is 0.0776. The van der Waals surface area contributed by atoms with Crippen LogP contribution in [0.15, 0.2) is 30.5 Å². The first-order chi connectivity index (χ1) is 16.2. The number of halogens is 5. The van der Waals surface area contributed by atoms with Gasteiger partial charge in [-0.05, 0) is 50.6 Å². The Hall–Kier alpha value is -3.18. The van der Waals surface area contributed by atoms with Gasteiger partial charge in [0.15, 0.2) is 0 Å². The number of alkyl halides is 5. The van der Waals surface area contributed by atoms with Crippen LogP contribution in [-0.2, 0) is 10.9 Å². The highest BCUT2D eigenvalue weighted by molar-refractivity contribution is 5.70. The Labute approximate surface area is 199 Å². The van der Waals surface area contributed by atoms with Crippen LogP contribution in [0.1, 0.15) is 44.2 Å². The second-order valence-corrected chi connectivity index (χ2v) is 9.81. The van der Waals surface area contributed by atoms with Crippen molar-refractivity contribution < 1.29 is 31.5 Å². The van der Waals surface area contributed by atoms with E-state index in [4.69, 9.17) is 4.74 Å². The molecule has 12 heteroatoms. The van der Waals surface area contributed by atoms with Crippen molar-refractivity contribution in [1.29, 1.82) is 0 Å². The summed E-state index contributed by atoms with van der Waals surface area (Å²) >= 11 is 0. The fraction of sp³-hybridized carbons (Fsp3) is 0.522. The molecule has 190 valence electrons. The molecular formula is C23H26F5N5O2. The molecule has 0 bridgehead atoms. The zero-order chi connectivity index (χ0) is 25.6. The van der Waals surface area contributed by atoms with Crippen molar-refractivity contribution in [3.63, 3.8) is 0 Å². The van der Waals surface area contributed by atoms with Gasteiger partial charge < -0.3 is 19.9 Å². The first-order valence-corrected chi connectivity index (χ1v) is 11.1. The van der Waals surface area contributed by atoms with Gasteiger partial charge in [0.25, 0.3) is 5.92 Å². The smallest absolute Gasteiger partial charge is 0.416 e. The normalized spacial score (nSPS) is 18.4. The lowest BCUT2D eigenvalue weighted by Gasteiger charge is -2.40. The second kappa shape index (κ2) is 8.80. The third-order valence-electron chi connectivity index (χ3n) is 5.68. The van der Waals surface area contributed by atoms with Gasteiger partial charge in [0.1, 0.15) is 23.1 Å². The van der Waals surface area contributed by atoms with Crippen molar-refractivity contribution in [2.75, 3.05) is 36.4 Å². The maximum Gasteiger partial charge on any atom is 0.416 e. The first-order valence-electron chi connectivity index (χ1n) is 11.1. The Morgan fingerprint density at radius 3 is 2.46 bits per heavy atom. The van der Waals surface area contributed by atoms with E-state index in [9.17, 15) is 26.7 Å². The molecule has 4 rings (SSSR count). The van der Waals surface area contributed by atoms with Crippen LogP contribution < -0.4 is 10.2 Å². The molecule has 0 atom stereocenters. The summed E-state index contributed by atoms with van der Waals surface area (Å²) < 4.78 is 72.3. The van der Waals surface area contributed by atoms with E-state index in [0.29, 0.717) is 13.1 Å². The van der Waals surface area contributed by atoms with Crippen LogP contribution in [0.4, 0.5) is 44.2 Å². The van der Waals surface area contributed by atoms with Crippen molar-refractivity contribution in [3.05, 3.63) is 41.6 Å². The Morgan fingerprint density at radius 1 is 1.14 bits per heavy atom. The predicted octanol–water partition coefficient (Wildman–Crippen LogP) is 5.42. The Kier molecular flexibility index (Phi) is 6.26. The van der Waals surface area contributed by atoms with Gasteiger partial charge in [-0.1, -0.05) is 0 Å².